The van der Waals surface area contributed by atoms with E-state index in [1.165, 1.54) is 36.4 Å². The van der Waals surface area contributed by atoms with E-state index in [4.69, 9.17) is 4.84 Å². The Labute approximate surface area is 189 Å². The number of non-ortho nitro benzene ring substituents is 1. The fraction of sp³-hybridized carbons (Fsp3) is 0.348. The van der Waals surface area contributed by atoms with Gasteiger partial charge >= 0.3 is 5.97 Å². The van der Waals surface area contributed by atoms with Crippen molar-refractivity contribution in [2.45, 2.75) is 45.4 Å². The molecule has 1 aliphatic carbocycles. The summed E-state index contributed by atoms with van der Waals surface area (Å²) < 4.78 is 0. The molecule has 1 fully saturated rings. The molecule has 0 aliphatic heterocycles. The number of nitro benzene ring substituents is 2. The van der Waals surface area contributed by atoms with Crippen molar-refractivity contribution in [2.24, 2.45) is 11.1 Å². The summed E-state index contributed by atoms with van der Waals surface area (Å²) in [6.07, 6.45) is 4.69. The molecule has 0 saturated heterocycles. The average molecular weight is 453 g/mol. The molecule has 0 N–H and O–H groups in total. The van der Waals surface area contributed by atoms with Crippen molar-refractivity contribution in [3.8, 4) is 11.1 Å². The van der Waals surface area contributed by atoms with Crippen molar-refractivity contribution < 1.29 is 24.3 Å². The molecule has 0 aromatic heterocycles. The Kier molecular flexibility index (Phi) is 7.60. The molecule has 10 heteroatoms. The molecule has 0 radical (unpaired) electrons. The maximum atomic E-state index is 13.2. The quantitative estimate of drug-likeness (QED) is 0.175. The van der Waals surface area contributed by atoms with Crippen LogP contribution in [0.1, 0.15) is 55.8 Å². The molecule has 172 valence electrons. The van der Waals surface area contributed by atoms with Gasteiger partial charge in [-0.25, -0.2) is 4.79 Å². The molecule has 0 atom stereocenters. The Morgan fingerprint density at radius 1 is 1.00 bits per heavy atom. The summed E-state index contributed by atoms with van der Waals surface area (Å²) in [7, 11) is 0. The summed E-state index contributed by atoms with van der Waals surface area (Å²) >= 11 is 0. The fourth-order valence-corrected chi connectivity index (χ4v) is 3.82. The first-order valence-electron chi connectivity index (χ1n) is 10.7. The Morgan fingerprint density at radius 2 is 1.67 bits per heavy atom. The maximum absolute atomic E-state index is 13.2. The van der Waals surface area contributed by atoms with Crippen LogP contribution in [0.25, 0.3) is 11.1 Å². The normalized spacial score (nSPS) is 14.5. The summed E-state index contributed by atoms with van der Waals surface area (Å²) in [4.78, 5) is 50.7. The number of rotatable bonds is 8. The number of hydrogen-bond donors (Lipinski definition) is 0. The predicted molar refractivity (Wildman–Crippen MR) is 120 cm³/mol. The predicted octanol–water partition coefficient (Wildman–Crippen LogP) is 5.24. The van der Waals surface area contributed by atoms with E-state index in [0.717, 1.165) is 38.2 Å². The van der Waals surface area contributed by atoms with Gasteiger partial charge in [0.15, 0.2) is 0 Å². The summed E-state index contributed by atoms with van der Waals surface area (Å²) in [5.41, 5.74) is 0.349. The van der Waals surface area contributed by atoms with E-state index in [-0.39, 0.29) is 35.1 Å². The number of Topliss-reactive ketones (excluding diaryl/α,β-unsaturated/α-hetero) is 1. The molecule has 0 amide bonds. The van der Waals surface area contributed by atoms with Crippen molar-refractivity contribution in [1.82, 2.24) is 0 Å². The lowest BCUT2D eigenvalue weighted by Crippen LogP contribution is -2.27. The van der Waals surface area contributed by atoms with Crippen molar-refractivity contribution in [1.29, 1.82) is 0 Å². The van der Waals surface area contributed by atoms with Crippen LogP contribution in [0.3, 0.4) is 0 Å². The van der Waals surface area contributed by atoms with E-state index >= 15 is 0 Å². The van der Waals surface area contributed by atoms with Crippen LogP contribution in [0.2, 0.25) is 0 Å². The number of carbonyl (C=O) groups excluding carboxylic acids is 2. The van der Waals surface area contributed by atoms with Gasteiger partial charge in [-0.1, -0.05) is 55.6 Å². The molecule has 33 heavy (non-hydrogen) atoms. The third-order valence-electron chi connectivity index (χ3n) is 5.61. The number of hydrogen-bond acceptors (Lipinski definition) is 8. The van der Waals surface area contributed by atoms with Gasteiger partial charge in [0, 0.05) is 24.0 Å². The molecule has 2 aromatic carbocycles. The van der Waals surface area contributed by atoms with Crippen LogP contribution in [0.15, 0.2) is 47.6 Å². The highest BCUT2D eigenvalue weighted by molar-refractivity contribution is 6.46. The Balaban J connectivity index is 1.91. The van der Waals surface area contributed by atoms with Gasteiger partial charge in [-0.05, 0) is 24.5 Å². The van der Waals surface area contributed by atoms with Crippen LogP contribution in [0.4, 0.5) is 11.4 Å². The van der Waals surface area contributed by atoms with Crippen LogP contribution >= 0.6 is 0 Å². The molecule has 0 heterocycles. The lowest BCUT2D eigenvalue weighted by atomic mass is 9.83. The fourth-order valence-electron chi connectivity index (χ4n) is 3.82. The van der Waals surface area contributed by atoms with Gasteiger partial charge in [0.1, 0.15) is 5.71 Å². The number of nitro groups is 2. The minimum atomic E-state index is -0.698. The highest BCUT2D eigenvalue weighted by Gasteiger charge is 2.27. The lowest BCUT2D eigenvalue weighted by Gasteiger charge is -2.22. The molecule has 0 unspecified atom stereocenters. The van der Waals surface area contributed by atoms with Gasteiger partial charge in [0.2, 0.25) is 5.78 Å². The van der Waals surface area contributed by atoms with Crippen LogP contribution in [-0.2, 0) is 9.63 Å². The second-order valence-corrected chi connectivity index (χ2v) is 7.75. The third kappa shape index (κ3) is 5.65. The first-order chi connectivity index (χ1) is 15.8. The monoisotopic (exact) mass is 453 g/mol. The number of carbonyl (C=O) groups is 2. The zero-order valence-corrected chi connectivity index (χ0v) is 18.1. The average Bonchev–Trinajstić information content (AvgIpc) is 2.84. The van der Waals surface area contributed by atoms with Crippen LogP contribution in [0, 0.1) is 26.1 Å². The second kappa shape index (κ2) is 10.6. The smallest absolute Gasteiger partial charge is 0.318 e. The van der Waals surface area contributed by atoms with Crippen molar-refractivity contribution >= 4 is 28.8 Å². The zero-order chi connectivity index (χ0) is 24.0. The number of benzene rings is 2. The van der Waals surface area contributed by atoms with Gasteiger partial charge in [0.25, 0.3) is 11.4 Å². The van der Waals surface area contributed by atoms with Crippen LogP contribution in [-0.4, -0.2) is 27.3 Å². The van der Waals surface area contributed by atoms with Crippen LogP contribution < -0.4 is 0 Å². The van der Waals surface area contributed by atoms with Gasteiger partial charge in [-0.15, -0.1) is 0 Å². The Morgan fingerprint density at radius 3 is 2.24 bits per heavy atom. The van der Waals surface area contributed by atoms with Gasteiger partial charge < -0.3 is 4.84 Å². The van der Waals surface area contributed by atoms with E-state index in [1.807, 2.05) is 0 Å². The van der Waals surface area contributed by atoms with E-state index in [2.05, 4.69) is 5.16 Å². The number of ketones is 1. The van der Waals surface area contributed by atoms with Gasteiger partial charge in [0.05, 0.1) is 21.5 Å². The van der Waals surface area contributed by atoms with E-state index < -0.39 is 21.5 Å². The minimum Gasteiger partial charge on any atom is -0.318 e. The highest BCUT2D eigenvalue weighted by Crippen LogP contribution is 2.33. The molecule has 3 rings (SSSR count). The largest absolute Gasteiger partial charge is 0.334 e. The van der Waals surface area contributed by atoms with Gasteiger partial charge in [-0.2, -0.15) is 0 Å². The van der Waals surface area contributed by atoms with Crippen molar-refractivity contribution in [3.63, 3.8) is 0 Å². The zero-order valence-electron chi connectivity index (χ0n) is 18.1. The van der Waals surface area contributed by atoms with Crippen molar-refractivity contribution in [2.75, 3.05) is 0 Å². The molecular weight excluding hydrogens is 430 g/mol. The first kappa shape index (κ1) is 23.7. The molecule has 2 aromatic rings. The highest BCUT2D eigenvalue weighted by atomic mass is 16.7. The molecular formula is C23H23N3O7. The number of nitrogens with zero attached hydrogens (tertiary/aromatic N) is 3. The summed E-state index contributed by atoms with van der Waals surface area (Å²) in [5, 5.41) is 26.3. The third-order valence-corrected chi connectivity index (χ3v) is 5.61. The lowest BCUT2D eigenvalue weighted by molar-refractivity contribution is -0.393. The SMILES string of the molecule is CCC(=O)O/N=C(\C(=O)c1ccc(-c2ccc([N+](=O)[O-])cc2[N+](=O)[O-])cc1)C1CCCCC1. The summed E-state index contributed by atoms with van der Waals surface area (Å²) in [5.74, 6) is -1.00. The first-order valence-corrected chi connectivity index (χ1v) is 10.7. The van der Waals surface area contributed by atoms with E-state index in [0.29, 0.717) is 11.1 Å². The second-order valence-electron chi connectivity index (χ2n) is 7.75. The minimum absolute atomic E-state index is 0.105. The Bertz CT molecular complexity index is 1100. The molecule has 0 bridgehead atoms. The molecule has 1 saturated carbocycles. The summed E-state index contributed by atoms with van der Waals surface area (Å²) in [6, 6.07) is 9.52. The Hall–Kier alpha value is -3.95. The standard InChI is InChI=1S/C23H23N3O7/c1-2-21(27)33-24-22(16-6-4-3-5-7-16)23(28)17-10-8-15(9-11-17)19-13-12-18(25(29)30)14-20(19)26(31)32/h8-14,16H,2-7H2,1H3/b24-22-. The topological polar surface area (TPSA) is 142 Å². The van der Waals surface area contributed by atoms with E-state index in [9.17, 15) is 29.8 Å². The van der Waals surface area contributed by atoms with Crippen molar-refractivity contribution in [3.05, 3.63) is 68.3 Å². The number of oxime groups is 1. The van der Waals surface area contributed by atoms with Gasteiger partial charge in [-0.3, -0.25) is 25.0 Å². The maximum Gasteiger partial charge on any atom is 0.334 e. The van der Waals surface area contributed by atoms with Crippen LogP contribution in [0.5, 0.6) is 0 Å². The molecule has 1 aliphatic rings. The van der Waals surface area contributed by atoms with E-state index in [1.54, 1.807) is 6.92 Å². The summed E-state index contributed by atoms with van der Waals surface area (Å²) in [6.45, 7) is 1.63. The molecule has 10 nitrogen and oxygen atoms in total. The molecule has 0 spiro atoms.